The average molecular weight is 432 g/mol. The number of nitrogens with zero attached hydrogens (tertiary/aromatic N) is 2. The minimum atomic E-state index is -1.54. The zero-order valence-corrected chi connectivity index (χ0v) is 16.2. The van der Waals surface area contributed by atoms with Crippen molar-refractivity contribution in [1.29, 1.82) is 0 Å². The highest BCUT2D eigenvalue weighted by Crippen LogP contribution is 2.25. The van der Waals surface area contributed by atoms with Crippen molar-refractivity contribution in [1.82, 2.24) is 4.98 Å². The first-order valence-corrected chi connectivity index (χ1v) is 9.29. The zero-order valence-electron chi connectivity index (χ0n) is 13.1. The SMILES string of the molecule is CC(C)(C)S(=O)/N=c1/c2cc(Br)ccc2oc2c(F)nc(Cl)cc12. The van der Waals surface area contributed by atoms with Gasteiger partial charge < -0.3 is 4.42 Å². The third-order valence-electron chi connectivity index (χ3n) is 3.26. The van der Waals surface area contributed by atoms with Crippen molar-refractivity contribution in [3.8, 4) is 0 Å². The lowest BCUT2D eigenvalue weighted by atomic mass is 10.1. The fourth-order valence-electron chi connectivity index (χ4n) is 2.10. The quantitative estimate of drug-likeness (QED) is 0.407. The number of benzene rings is 1. The van der Waals surface area contributed by atoms with Crippen molar-refractivity contribution < 1.29 is 13.0 Å². The lowest BCUT2D eigenvalue weighted by Crippen LogP contribution is -2.22. The molecule has 0 aliphatic rings. The second-order valence-corrected chi connectivity index (χ2v) is 9.36. The number of pyridine rings is 1. The lowest BCUT2D eigenvalue weighted by molar-refractivity contribution is 0.549. The van der Waals surface area contributed by atoms with Gasteiger partial charge in [0.15, 0.2) is 5.58 Å². The van der Waals surface area contributed by atoms with E-state index in [0.717, 1.165) is 4.47 Å². The predicted octanol–water partition coefficient (Wildman–Crippen LogP) is 4.90. The molecule has 0 saturated heterocycles. The van der Waals surface area contributed by atoms with Gasteiger partial charge in [-0.25, -0.2) is 9.19 Å². The van der Waals surface area contributed by atoms with E-state index in [-0.39, 0.29) is 10.7 Å². The normalized spacial score (nSPS) is 14.5. The van der Waals surface area contributed by atoms with E-state index in [1.807, 2.05) is 20.8 Å². The van der Waals surface area contributed by atoms with Gasteiger partial charge in [-0.3, -0.25) is 0 Å². The molecule has 126 valence electrons. The third-order valence-corrected chi connectivity index (χ3v) is 5.35. The monoisotopic (exact) mass is 430 g/mol. The summed E-state index contributed by atoms with van der Waals surface area (Å²) < 4.78 is 36.9. The van der Waals surface area contributed by atoms with Gasteiger partial charge in [0, 0.05) is 9.86 Å². The molecule has 0 N–H and O–H groups in total. The summed E-state index contributed by atoms with van der Waals surface area (Å²) in [5.74, 6) is -0.833. The highest BCUT2D eigenvalue weighted by molar-refractivity contribution is 9.10. The van der Waals surface area contributed by atoms with Crippen molar-refractivity contribution in [2.45, 2.75) is 25.5 Å². The molecule has 0 radical (unpaired) electrons. The highest BCUT2D eigenvalue weighted by Gasteiger charge is 2.20. The van der Waals surface area contributed by atoms with Gasteiger partial charge in [0.05, 0.1) is 15.5 Å². The Kier molecular flexibility index (Phi) is 4.53. The number of hydrogen-bond acceptors (Lipinski definition) is 3. The summed E-state index contributed by atoms with van der Waals surface area (Å²) in [5.41, 5.74) is 0.345. The molecule has 0 aliphatic carbocycles. The Balaban J connectivity index is 2.56. The maximum absolute atomic E-state index is 14.2. The number of aromatic nitrogens is 1. The topological polar surface area (TPSA) is 55.5 Å². The van der Waals surface area contributed by atoms with Crippen LogP contribution in [0, 0.1) is 5.95 Å². The van der Waals surface area contributed by atoms with Crippen LogP contribution in [-0.4, -0.2) is 13.9 Å². The molecule has 0 fully saturated rings. The van der Waals surface area contributed by atoms with E-state index in [9.17, 15) is 8.60 Å². The number of hydrogen-bond donors (Lipinski definition) is 0. The van der Waals surface area contributed by atoms with Crippen LogP contribution in [-0.2, 0) is 11.0 Å². The van der Waals surface area contributed by atoms with Crippen LogP contribution in [0.1, 0.15) is 20.8 Å². The van der Waals surface area contributed by atoms with Crippen molar-refractivity contribution >= 4 is 60.5 Å². The number of fused-ring (bicyclic) bond motifs is 2. The molecule has 0 amide bonds. The van der Waals surface area contributed by atoms with Crippen LogP contribution in [0.15, 0.2) is 37.6 Å². The van der Waals surface area contributed by atoms with Gasteiger partial charge in [-0.2, -0.15) is 8.79 Å². The molecule has 2 heterocycles. The molecule has 1 unspecified atom stereocenters. The van der Waals surface area contributed by atoms with Crippen molar-refractivity contribution in [3.63, 3.8) is 0 Å². The summed E-state index contributed by atoms with van der Waals surface area (Å²) in [4.78, 5) is 3.57. The van der Waals surface area contributed by atoms with E-state index in [4.69, 9.17) is 16.0 Å². The number of rotatable bonds is 1. The smallest absolute Gasteiger partial charge is 0.258 e. The molecule has 4 nitrogen and oxygen atoms in total. The van der Waals surface area contributed by atoms with Crippen molar-refractivity contribution in [3.05, 3.63) is 45.2 Å². The minimum absolute atomic E-state index is 0.0254. The average Bonchev–Trinajstić information content (AvgIpc) is 2.47. The number of halogens is 3. The second-order valence-electron chi connectivity index (χ2n) is 6.16. The summed E-state index contributed by atoms with van der Waals surface area (Å²) >= 11 is 9.28. The van der Waals surface area contributed by atoms with Crippen LogP contribution < -0.4 is 5.36 Å². The Hall–Kier alpha value is -1.31. The van der Waals surface area contributed by atoms with Gasteiger partial charge in [-0.1, -0.05) is 27.5 Å². The van der Waals surface area contributed by atoms with Crippen LogP contribution >= 0.6 is 27.5 Å². The maximum atomic E-state index is 14.2. The Morgan fingerprint density at radius 1 is 1.29 bits per heavy atom. The molecule has 24 heavy (non-hydrogen) atoms. The first-order valence-electron chi connectivity index (χ1n) is 7.01. The van der Waals surface area contributed by atoms with Crippen LogP contribution in [0.2, 0.25) is 5.15 Å². The van der Waals surface area contributed by atoms with E-state index in [1.54, 1.807) is 18.2 Å². The largest absolute Gasteiger partial charge is 0.451 e. The third kappa shape index (κ3) is 3.25. The van der Waals surface area contributed by atoms with E-state index in [0.29, 0.717) is 21.7 Å². The molecule has 0 spiro atoms. The molecular formula is C16H13BrClFN2O2S. The first-order chi connectivity index (χ1) is 11.2. The molecule has 3 aromatic rings. The van der Waals surface area contributed by atoms with Crippen molar-refractivity contribution in [2.75, 3.05) is 0 Å². The van der Waals surface area contributed by atoms with Gasteiger partial charge in [-0.05, 0) is 45.0 Å². The van der Waals surface area contributed by atoms with Gasteiger partial charge in [-0.15, -0.1) is 0 Å². The van der Waals surface area contributed by atoms with Crippen LogP contribution in [0.3, 0.4) is 0 Å². The molecular weight excluding hydrogens is 419 g/mol. The summed E-state index contributed by atoms with van der Waals surface area (Å²) in [6.45, 7) is 5.44. The summed E-state index contributed by atoms with van der Waals surface area (Å²) in [7, 11) is -1.54. The molecule has 8 heteroatoms. The molecule has 3 rings (SSSR count). The van der Waals surface area contributed by atoms with Crippen molar-refractivity contribution in [2.24, 2.45) is 4.40 Å². The Labute approximate surface area is 153 Å². The standard InChI is InChI=1S/C16H13BrClFN2O2S/c1-16(2,3)24(22)21-13-9-6-8(17)4-5-11(9)23-14-10(13)7-12(18)20-15(14)19/h4-7H,1-3H3/b21-13-. The van der Waals surface area contributed by atoms with Gasteiger partial charge in [0.2, 0.25) is 0 Å². The molecule has 2 aromatic heterocycles. The van der Waals surface area contributed by atoms with E-state index < -0.39 is 21.7 Å². The lowest BCUT2D eigenvalue weighted by Gasteiger charge is -2.13. The molecule has 0 saturated carbocycles. The molecule has 1 atom stereocenters. The summed E-state index contributed by atoms with van der Waals surface area (Å²) in [5, 5.41) is 1.28. The second kappa shape index (κ2) is 6.20. The Morgan fingerprint density at radius 2 is 2.00 bits per heavy atom. The van der Waals surface area contributed by atoms with E-state index in [2.05, 4.69) is 25.3 Å². The highest BCUT2D eigenvalue weighted by atomic mass is 79.9. The maximum Gasteiger partial charge on any atom is 0.258 e. The van der Waals surface area contributed by atoms with Gasteiger partial charge in [0.25, 0.3) is 5.95 Å². The van der Waals surface area contributed by atoms with Gasteiger partial charge in [0.1, 0.15) is 21.7 Å². The summed E-state index contributed by atoms with van der Waals surface area (Å²) in [6.07, 6.45) is 0. The molecule has 0 bridgehead atoms. The van der Waals surface area contributed by atoms with Crippen LogP contribution in [0.4, 0.5) is 4.39 Å². The van der Waals surface area contributed by atoms with Gasteiger partial charge >= 0.3 is 0 Å². The first kappa shape index (κ1) is 17.5. The Morgan fingerprint density at radius 3 is 2.67 bits per heavy atom. The summed E-state index contributed by atoms with van der Waals surface area (Å²) in [6, 6.07) is 6.70. The minimum Gasteiger partial charge on any atom is -0.451 e. The predicted molar refractivity (Wildman–Crippen MR) is 97.6 cm³/mol. The zero-order chi connectivity index (χ0) is 17.6. The van der Waals surface area contributed by atoms with E-state index >= 15 is 0 Å². The van der Waals surface area contributed by atoms with Crippen LogP contribution in [0.25, 0.3) is 21.9 Å². The molecule has 0 aliphatic heterocycles. The fourth-order valence-corrected chi connectivity index (χ4v) is 3.28. The van der Waals surface area contributed by atoms with Crippen LogP contribution in [0.5, 0.6) is 0 Å². The molecule has 1 aromatic carbocycles. The van der Waals surface area contributed by atoms with E-state index in [1.165, 1.54) is 6.07 Å². The fraction of sp³-hybridized carbons (Fsp3) is 0.250. The Bertz CT molecular complexity index is 1060.